The molecule has 0 saturated heterocycles. The minimum absolute atomic E-state index is 0.0713. The molecule has 0 aliphatic rings. The highest BCUT2D eigenvalue weighted by molar-refractivity contribution is 5.76. The molecule has 0 fully saturated rings. The van der Waals surface area contributed by atoms with Crippen LogP contribution in [0.2, 0.25) is 0 Å². The number of amides is 1. The predicted molar refractivity (Wildman–Crippen MR) is 221 cm³/mol. The van der Waals surface area contributed by atoms with Gasteiger partial charge in [0.15, 0.2) is 0 Å². The van der Waals surface area contributed by atoms with Gasteiger partial charge in [-0.05, 0) is 32.1 Å². The number of hydrogen-bond acceptors (Lipinski definition) is 3. The Balaban J connectivity index is 3.45. The zero-order valence-electron chi connectivity index (χ0n) is 33.9. The van der Waals surface area contributed by atoms with Crippen molar-refractivity contribution in [2.75, 3.05) is 6.61 Å². The van der Waals surface area contributed by atoms with Crippen molar-refractivity contribution in [2.24, 2.45) is 0 Å². The Morgan fingerprint density at radius 2 is 0.780 bits per heavy atom. The van der Waals surface area contributed by atoms with Gasteiger partial charge < -0.3 is 15.5 Å². The lowest BCUT2D eigenvalue weighted by atomic mass is 10.0. The molecule has 0 saturated carbocycles. The lowest BCUT2D eigenvalue weighted by Crippen LogP contribution is -2.45. The van der Waals surface area contributed by atoms with E-state index >= 15 is 0 Å². The molecule has 0 aliphatic carbocycles. The molecule has 0 aromatic carbocycles. The van der Waals surface area contributed by atoms with E-state index in [1.165, 1.54) is 193 Å². The highest BCUT2D eigenvalue weighted by Gasteiger charge is 2.17. The molecule has 1 amide bonds. The van der Waals surface area contributed by atoms with Crippen LogP contribution >= 0.6 is 0 Å². The van der Waals surface area contributed by atoms with Gasteiger partial charge in [-0.25, -0.2) is 0 Å². The topological polar surface area (TPSA) is 69.6 Å². The molecule has 0 aromatic heterocycles. The van der Waals surface area contributed by atoms with Crippen LogP contribution in [0.5, 0.6) is 0 Å². The molecule has 4 nitrogen and oxygen atoms in total. The summed E-state index contributed by atoms with van der Waals surface area (Å²) in [5.74, 6) is -0.0713. The van der Waals surface area contributed by atoms with Crippen LogP contribution < -0.4 is 5.32 Å². The van der Waals surface area contributed by atoms with Crippen LogP contribution in [0.25, 0.3) is 0 Å². The summed E-state index contributed by atoms with van der Waals surface area (Å²) in [7, 11) is 0. The number of rotatable bonds is 41. The van der Waals surface area contributed by atoms with Gasteiger partial charge in [0.25, 0.3) is 0 Å². The van der Waals surface area contributed by atoms with Gasteiger partial charge in [0, 0.05) is 6.42 Å². The van der Waals surface area contributed by atoms with Crippen molar-refractivity contribution < 1.29 is 15.0 Å². The summed E-state index contributed by atoms with van der Waals surface area (Å²) >= 11 is 0. The average molecular weight is 704 g/mol. The number of aliphatic hydroxyl groups excluding tert-OH is 2. The van der Waals surface area contributed by atoms with Crippen molar-refractivity contribution in [3.05, 3.63) is 24.3 Å². The zero-order valence-corrected chi connectivity index (χ0v) is 33.9. The Kier molecular flexibility index (Phi) is 41.3. The summed E-state index contributed by atoms with van der Waals surface area (Å²) in [5.41, 5.74) is 0. The number of nitrogens with one attached hydrogen (secondary N) is 1. The quantitative estimate of drug-likeness (QED) is 0.0438. The molecule has 0 aromatic rings. The molecule has 0 heterocycles. The molecule has 0 rings (SSSR count). The summed E-state index contributed by atoms with van der Waals surface area (Å²) in [6.45, 7) is 4.29. The maximum absolute atomic E-state index is 12.4. The Morgan fingerprint density at radius 3 is 1.16 bits per heavy atom. The molecule has 0 aliphatic heterocycles. The van der Waals surface area contributed by atoms with E-state index in [4.69, 9.17) is 0 Å². The van der Waals surface area contributed by atoms with Gasteiger partial charge >= 0.3 is 0 Å². The summed E-state index contributed by atoms with van der Waals surface area (Å²) in [6, 6.07) is -0.633. The fourth-order valence-corrected chi connectivity index (χ4v) is 6.96. The smallest absolute Gasteiger partial charge is 0.220 e. The molecular formula is C46H89NO3. The maximum Gasteiger partial charge on any atom is 0.220 e. The first kappa shape index (κ1) is 48.9. The fraction of sp³-hybridized carbons (Fsp3) is 0.891. The number of allylic oxidation sites excluding steroid dienone is 3. The molecule has 3 N–H and O–H groups in total. The monoisotopic (exact) mass is 704 g/mol. The van der Waals surface area contributed by atoms with Crippen LogP contribution in [0.15, 0.2) is 24.3 Å². The highest BCUT2D eigenvalue weighted by Crippen LogP contribution is 2.16. The first-order valence-corrected chi connectivity index (χ1v) is 22.6. The van der Waals surface area contributed by atoms with E-state index in [9.17, 15) is 15.0 Å². The average Bonchev–Trinajstić information content (AvgIpc) is 3.12. The van der Waals surface area contributed by atoms with Crippen molar-refractivity contribution in [3.63, 3.8) is 0 Å². The van der Waals surface area contributed by atoms with E-state index in [0.29, 0.717) is 6.42 Å². The van der Waals surface area contributed by atoms with Crippen LogP contribution in [0.3, 0.4) is 0 Å². The number of aliphatic hydroxyl groups is 2. The van der Waals surface area contributed by atoms with Crippen molar-refractivity contribution >= 4 is 5.91 Å². The van der Waals surface area contributed by atoms with Gasteiger partial charge in [-0.15, -0.1) is 0 Å². The lowest BCUT2D eigenvalue weighted by molar-refractivity contribution is -0.123. The third-order valence-electron chi connectivity index (χ3n) is 10.4. The molecule has 2 unspecified atom stereocenters. The molecule has 0 bridgehead atoms. The largest absolute Gasteiger partial charge is 0.394 e. The molecule has 296 valence electrons. The predicted octanol–water partition coefficient (Wildman–Crippen LogP) is 14.0. The Bertz CT molecular complexity index is 720. The number of hydrogen-bond donors (Lipinski definition) is 3. The molecule has 50 heavy (non-hydrogen) atoms. The van der Waals surface area contributed by atoms with E-state index in [0.717, 1.165) is 32.1 Å². The van der Waals surface area contributed by atoms with Crippen LogP contribution in [0, 0.1) is 0 Å². The van der Waals surface area contributed by atoms with E-state index < -0.39 is 12.1 Å². The normalized spacial score (nSPS) is 13.1. The second kappa shape index (κ2) is 42.3. The number of carbonyl (C=O) groups is 1. The summed E-state index contributed by atoms with van der Waals surface area (Å²) < 4.78 is 0. The van der Waals surface area contributed by atoms with E-state index in [1.54, 1.807) is 6.08 Å². The van der Waals surface area contributed by atoms with Crippen molar-refractivity contribution in [1.82, 2.24) is 5.32 Å². The van der Waals surface area contributed by atoms with Crippen molar-refractivity contribution in [1.29, 1.82) is 0 Å². The Hall–Kier alpha value is -1.13. The highest BCUT2D eigenvalue weighted by atomic mass is 16.3. The van der Waals surface area contributed by atoms with E-state index in [-0.39, 0.29) is 12.5 Å². The Labute approximate surface area is 313 Å². The third-order valence-corrected chi connectivity index (χ3v) is 10.4. The van der Waals surface area contributed by atoms with Gasteiger partial charge in [0.1, 0.15) is 0 Å². The van der Waals surface area contributed by atoms with Gasteiger partial charge in [-0.1, -0.05) is 231 Å². The molecular weight excluding hydrogens is 615 g/mol. The third kappa shape index (κ3) is 38.1. The molecule has 4 heteroatoms. The van der Waals surface area contributed by atoms with E-state index in [2.05, 4.69) is 31.3 Å². The van der Waals surface area contributed by atoms with Gasteiger partial charge in [0.2, 0.25) is 5.91 Å². The van der Waals surface area contributed by atoms with Crippen LogP contribution in [-0.4, -0.2) is 34.9 Å². The van der Waals surface area contributed by atoms with Gasteiger partial charge in [0.05, 0.1) is 18.8 Å². The van der Waals surface area contributed by atoms with E-state index in [1.807, 2.05) is 6.08 Å². The summed E-state index contributed by atoms with van der Waals surface area (Å²) in [4.78, 5) is 12.4. The minimum Gasteiger partial charge on any atom is -0.394 e. The van der Waals surface area contributed by atoms with Gasteiger partial charge in [-0.2, -0.15) is 0 Å². The van der Waals surface area contributed by atoms with Crippen LogP contribution in [-0.2, 0) is 4.79 Å². The van der Waals surface area contributed by atoms with Crippen LogP contribution in [0.1, 0.15) is 245 Å². The second-order valence-corrected chi connectivity index (χ2v) is 15.5. The minimum atomic E-state index is -0.856. The SMILES string of the molecule is CCCCCCC/C=C/CC/C=C/C(O)C(CO)NC(=O)CCCCCCCCCCCCCCCCCCCCCCCCCCCCC. The molecule has 0 spiro atoms. The van der Waals surface area contributed by atoms with Crippen molar-refractivity contribution in [3.8, 4) is 0 Å². The Morgan fingerprint density at radius 1 is 0.460 bits per heavy atom. The van der Waals surface area contributed by atoms with Crippen molar-refractivity contribution in [2.45, 2.75) is 257 Å². The van der Waals surface area contributed by atoms with Crippen LogP contribution in [0.4, 0.5) is 0 Å². The zero-order chi connectivity index (χ0) is 36.4. The number of unbranched alkanes of at least 4 members (excludes halogenated alkanes) is 32. The first-order chi connectivity index (χ1) is 24.7. The van der Waals surface area contributed by atoms with Gasteiger partial charge in [-0.3, -0.25) is 4.79 Å². The molecule has 2 atom stereocenters. The maximum atomic E-state index is 12.4. The fourth-order valence-electron chi connectivity index (χ4n) is 6.96. The lowest BCUT2D eigenvalue weighted by Gasteiger charge is -2.19. The summed E-state index contributed by atoms with van der Waals surface area (Å²) in [6.07, 6.45) is 54.5. The standard InChI is InChI=1S/C46H89NO3/c1-3-5-7-9-11-13-15-16-17-18-19-20-21-22-23-24-25-26-27-28-29-30-32-34-36-38-40-42-46(50)47-44(43-48)45(49)41-39-37-35-33-31-14-12-10-8-6-4-2/h31,33,39,41,44-45,48-49H,3-30,32,34-38,40,42-43H2,1-2H3,(H,47,50)/b33-31+,41-39+. The number of carbonyl (C=O) groups excluding carboxylic acids is 1. The molecule has 0 radical (unpaired) electrons. The first-order valence-electron chi connectivity index (χ1n) is 22.6. The summed E-state index contributed by atoms with van der Waals surface area (Å²) in [5, 5.41) is 22.9. The second-order valence-electron chi connectivity index (χ2n) is 15.5.